The van der Waals surface area contributed by atoms with Crippen molar-refractivity contribution in [3.05, 3.63) is 30.1 Å². The van der Waals surface area contributed by atoms with Gasteiger partial charge in [0.15, 0.2) is 0 Å². The zero-order chi connectivity index (χ0) is 9.84. The van der Waals surface area contributed by atoms with Gasteiger partial charge in [-0.1, -0.05) is 26.5 Å². The molecule has 0 N–H and O–H groups in total. The number of nitrogens with zero attached hydrogens (tertiary/aromatic N) is 2. The molecule has 0 radical (unpaired) electrons. The Morgan fingerprint density at radius 1 is 1.54 bits per heavy atom. The number of rotatable bonds is 3. The zero-order valence-electron chi connectivity index (χ0n) is 8.49. The fourth-order valence-corrected chi connectivity index (χ4v) is 1.31. The van der Waals surface area contributed by atoms with Crippen molar-refractivity contribution in [2.45, 2.75) is 26.7 Å². The molecule has 0 aliphatic rings. The van der Waals surface area contributed by atoms with Gasteiger partial charge in [0, 0.05) is 11.8 Å². The van der Waals surface area contributed by atoms with Crippen LogP contribution in [0.15, 0.2) is 18.9 Å². The summed E-state index contributed by atoms with van der Waals surface area (Å²) in [4.78, 5) is 0. The molecule has 1 rings (SSSR count). The lowest BCUT2D eigenvalue weighted by atomic mass is 10.0. The van der Waals surface area contributed by atoms with Crippen LogP contribution in [0, 0.1) is 0 Å². The molecular weight excluding hydrogens is 160 g/mol. The van der Waals surface area contributed by atoms with Gasteiger partial charge in [-0.3, -0.25) is 0 Å². The molecule has 0 spiro atoms. The van der Waals surface area contributed by atoms with Crippen molar-refractivity contribution in [1.82, 2.24) is 9.78 Å². The molecule has 0 saturated heterocycles. The van der Waals surface area contributed by atoms with E-state index in [9.17, 15) is 0 Å². The summed E-state index contributed by atoms with van der Waals surface area (Å²) >= 11 is 0. The van der Waals surface area contributed by atoms with E-state index in [-0.39, 0.29) is 0 Å². The van der Waals surface area contributed by atoms with Gasteiger partial charge in [-0.05, 0) is 18.9 Å². The van der Waals surface area contributed by atoms with E-state index in [1.54, 1.807) is 10.9 Å². The maximum atomic E-state index is 4.22. The molecule has 0 aliphatic carbocycles. The van der Waals surface area contributed by atoms with E-state index in [2.05, 4.69) is 31.6 Å². The van der Waals surface area contributed by atoms with Crippen LogP contribution in [0.5, 0.6) is 0 Å². The molecule has 2 heteroatoms. The van der Waals surface area contributed by atoms with Crippen LogP contribution in [0.4, 0.5) is 0 Å². The van der Waals surface area contributed by atoms with Gasteiger partial charge in [-0.25, -0.2) is 4.68 Å². The predicted octanol–water partition coefficient (Wildman–Crippen LogP) is 3.14. The van der Waals surface area contributed by atoms with Crippen molar-refractivity contribution in [3.63, 3.8) is 0 Å². The van der Waals surface area contributed by atoms with Crippen LogP contribution >= 0.6 is 0 Å². The summed E-state index contributed by atoms with van der Waals surface area (Å²) in [7, 11) is 0. The number of aromatic nitrogens is 2. The third-order valence-electron chi connectivity index (χ3n) is 1.98. The molecule has 0 aliphatic heterocycles. The monoisotopic (exact) mass is 176 g/mol. The summed E-state index contributed by atoms with van der Waals surface area (Å²) < 4.78 is 1.80. The van der Waals surface area contributed by atoms with Crippen LogP contribution in [-0.2, 0) is 0 Å². The lowest BCUT2D eigenvalue weighted by molar-refractivity contribution is 0.861. The van der Waals surface area contributed by atoms with Crippen molar-refractivity contribution < 1.29 is 0 Å². The van der Waals surface area contributed by atoms with Crippen molar-refractivity contribution in [1.29, 1.82) is 0 Å². The second-order valence-corrected chi connectivity index (χ2v) is 3.27. The minimum Gasteiger partial charge on any atom is -0.241 e. The third-order valence-corrected chi connectivity index (χ3v) is 1.98. The molecule has 0 aromatic carbocycles. The predicted molar refractivity (Wildman–Crippen MR) is 57.4 cm³/mol. The molecule has 1 heterocycles. The Kier molecular flexibility index (Phi) is 3.07. The first kappa shape index (κ1) is 9.78. The summed E-state index contributed by atoms with van der Waals surface area (Å²) in [6, 6.07) is 0. The summed E-state index contributed by atoms with van der Waals surface area (Å²) in [5.74, 6) is 0.500. The highest BCUT2D eigenvalue weighted by atomic mass is 15.3. The third kappa shape index (κ3) is 1.89. The second-order valence-electron chi connectivity index (χ2n) is 3.27. The van der Waals surface area contributed by atoms with Crippen LogP contribution < -0.4 is 0 Å². The molecule has 0 unspecified atom stereocenters. The topological polar surface area (TPSA) is 17.8 Å². The second kappa shape index (κ2) is 4.08. The first-order chi connectivity index (χ1) is 6.20. The molecule has 70 valence electrons. The van der Waals surface area contributed by atoms with Gasteiger partial charge in [0.05, 0.1) is 11.9 Å². The standard InChI is InChI=1S/C11H16N2/c1-5-7-11-10(9(3)4)8-12-13(11)6-2/h5-9H,2H2,1,3-4H3/b7-5-. The Labute approximate surface area is 79.6 Å². The minimum absolute atomic E-state index is 0.500. The number of allylic oxidation sites excluding steroid dienone is 1. The highest BCUT2D eigenvalue weighted by Crippen LogP contribution is 2.20. The average Bonchev–Trinajstić information content (AvgIpc) is 2.48. The first-order valence-corrected chi connectivity index (χ1v) is 4.53. The maximum Gasteiger partial charge on any atom is 0.0692 e. The van der Waals surface area contributed by atoms with Gasteiger partial charge in [0.2, 0.25) is 0 Å². The highest BCUT2D eigenvalue weighted by molar-refractivity contribution is 5.52. The zero-order valence-corrected chi connectivity index (χ0v) is 8.49. The molecule has 13 heavy (non-hydrogen) atoms. The molecule has 2 nitrogen and oxygen atoms in total. The first-order valence-electron chi connectivity index (χ1n) is 4.53. The van der Waals surface area contributed by atoms with Crippen LogP contribution in [0.2, 0.25) is 0 Å². The van der Waals surface area contributed by atoms with E-state index in [0.717, 1.165) is 5.69 Å². The van der Waals surface area contributed by atoms with Gasteiger partial charge in [0.25, 0.3) is 0 Å². The van der Waals surface area contributed by atoms with E-state index in [1.807, 2.05) is 19.2 Å². The normalized spacial score (nSPS) is 11.4. The fraction of sp³-hybridized carbons (Fsp3) is 0.364. The Bertz CT molecular complexity index is 319. The van der Waals surface area contributed by atoms with Crippen molar-refractivity contribution in [2.24, 2.45) is 0 Å². The summed E-state index contributed by atoms with van der Waals surface area (Å²) in [5.41, 5.74) is 2.39. The molecule has 0 amide bonds. The van der Waals surface area contributed by atoms with Gasteiger partial charge in [-0.2, -0.15) is 5.10 Å². The molecular formula is C11H16N2. The average molecular weight is 176 g/mol. The molecule has 1 aromatic heterocycles. The molecule has 0 fully saturated rings. The fourth-order valence-electron chi connectivity index (χ4n) is 1.31. The van der Waals surface area contributed by atoms with Crippen LogP contribution in [0.25, 0.3) is 12.3 Å². The Hall–Kier alpha value is -1.31. The van der Waals surface area contributed by atoms with Gasteiger partial charge < -0.3 is 0 Å². The van der Waals surface area contributed by atoms with E-state index >= 15 is 0 Å². The summed E-state index contributed by atoms with van der Waals surface area (Å²) in [6.45, 7) is 10.0. The van der Waals surface area contributed by atoms with Crippen LogP contribution in [0.1, 0.15) is 37.9 Å². The van der Waals surface area contributed by atoms with Crippen molar-refractivity contribution >= 4 is 12.3 Å². The number of hydrogen-bond donors (Lipinski definition) is 0. The molecule has 0 atom stereocenters. The van der Waals surface area contributed by atoms with Crippen LogP contribution in [0.3, 0.4) is 0 Å². The van der Waals surface area contributed by atoms with Crippen molar-refractivity contribution in [2.75, 3.05) is 0 Å². The molecule has 0 bridgehead atoms. The summed E-state index contributed by atoms with van der Waals surface area (Å²) in [5, 5.41) is 4.22. The van der Waals surface area contributed by atoms with E-state index < -0.39 is 0 Å². The molecule has 1 aromatic rings. The Morgan fingerprint density at radius 2 is 2.23 bits per heavy atom. The molecule has 0 saturated carbocycles. The lowest BCUT2D eigenvalue weighted by Gasteiger charge is -2.03. The summed E-state index contributed by atoms with van der Waals surface area (Å²) in [6.07, 6.45) is 7.70. The van der Waals surface area contributed by atoms with Gasteiger partial charge in [-0.15, -0.1) is 0 Å². The van der Waals surface area contributed by atoms with Gasteiger partial charge >= 0.3 is 0 Å². The minimum atomic E-state index is 0.500. The maximum absolute atomic E-state index is 4.22. The van der Waals surface area contributed by atoms with Crippen LogP contribution in [-0.4, -0.2) is 9.78 Å². The van der Waals surface area contributed by atoms with Gasteiger partial charge in [0.1, 0.15) is 0 Å². The largest absolute Gasteiger partial charge is 0.241 e. The lowest BCUT2D eigenvalue weighted by Crippen LogP contribution is -1.94. The smallest absolute Gasteiger partial charge is 0.0692 e. The quantitative estimate of drug-likeness (QED) is 0.691. The van der Waals surface area contributed by atoms with E-state index in [4.69, 9.17) is 0 Å². The highest BCUT2D eigenvalue weighted by Gasteiger charge is 2.08. The van der Waals surface area contributed by atoms with Crippen molar-refractivity contribution in [3.8, 4) is 0 Å². The Morgan fingerprint density at radius 3 is 2.69 bits per heavy atom. The van der Waals surface area contributed by atoms with E-state index in [0.29, 0.717) is 5.92 Å². The SMILES string of the molecule is C=Cn1ncc(C(C)C)c1/C=C\C. The number of hydrogen-bond acceptors (Lipinski definition) is 1. The Balaban J connectivity index is 3.21. The van der Waals surface area contributed by atoms with E-state index in [1.165, 1.54) is 5.56 Å².